The van der Waals surface area contributed by atoms with Gasteiger partial charge in [-0.3, -0.25) is 0 Å². The summed E-state index contributed by atoms with van der Waals surface area (Å²) in [5.74, 6) is -0.301. The van der Waals surface area contributed by atoms with Crippen molar-refractivity contribution >= 4 is 29.5 Å². The minimum absolute atomic E-state index is 0.0789. The number of unbranched alkanes of at least 4 members (excludes halogenated alkanes) is 1. The first-order chi connectivity index (χ1) is 11.2. The lowest BCUT2D eigenvalue weighted by atomic mass is 10.0. The van der Waals surface area contributed by atoms with Gasteiger partial charge >= 0.3 is 5.97 Å². The maximum atomic E-state index is 12.2. The fraction of sp³-hybridized carbons (Fsp3) is 0.471. The second kappa shape index (κ2) is 10.2. The van der Waals surface area contributed by atoms with Crippen LogP contribution in [0.4, 0.5) is 11.4 Å². The number of benzene rings is 1. The van der Waals surface area contributed by atoms with Crippen LogP contribution in [0.3, 0.4) is 0 Å². The van der Waals surface area contributed by atoms with E-state index in [9.17, 15) is 14.4 Å². The lowest BCUT2D eigenvalue weighted by Crippen LogP contribution is -2.14. The third-order valence-corrected chi connectivity index (χ3v) is 3.53. The molecule has 0 heterocycles. The van der Waals surface area contributed by atoms with E-state index in [1.54, 1.807) is 0 Å². The molecule has 0 aliphatic heterocycles. The van der Waals surface area contributed by atoms with E-state index in [2.05, 4.69) is 23.8 Å². The minimum Gasteiger partial charge on any atom is -0.462 e. The minimum atomic E-state index is -0.600. The third-order valence-electron chi connectivity index (χ3n) is 3.53. The lowest BCUT2D eigenvalue weighted by molar-refractivity contribution is 0.0429. The van der Waals surface area contributed by atoms with Gasteiger partial charge in [0.05, 0.1) is 23.5 Å². The van der Waals surface area contributed by atoms with E-state index in [0.29, 0.717) is 12.5 Å². The normalized spacial score (nSPS) is 11.0. The maximum Gasteiger partial charge on any atom is 0.340 e. The van der Waals surface area contributed by atoms with E-state index in [1.807, 2.05) is 0 Å². The van der Waals surface area contributed by atoms with Crippen LogP contribution in [-0.2, 0) is 14.3 Å². The Kier molecular flexibility index (Phi) is 8.22. The summed E-state index contributed by atoms with van der Waals surface area (Å²) in [6, 6.07) is 4.20. The quantitative estimate of drug-likeness (QED) is 0.391. The molecule has 0 saturated carbocycles. The highest BCUT2D eigenvalue weighted by Crippen LogP contribution is 2.25. The Hall–Kier alpha value is -2.55. The fourth-order valence-corrected chi connectivity index (χ4v) is 2.13. The summed E-state index contributed by atoms with van der Waals surface area (Å²) in [7, 11) is 0. The third kappa shape index (κ3) is 5.99. The average molecular weight is 316 g/mol. The molecule has 0 saturated heterocycles. The molecule has 0 bridgehead atoms. The van der Waals surface area contributed by atoms with Crippen molar-refractivity contribution in [2.75, 3.05) is 6.61 Å². The van der Waals surface area contributed by atoms with Crippen LogP contribution in [0.5, 0.6) is 0 Å². The Bertz CT molecular complexity index is 629. The molecule has 0 fully saturated rings. The largest absolute Gasteiger partial charge is 0.462 e. The van der Waals surface area contributed by atoms with Crippen molar-refractivity contribution in [3.63, 3.8) is 0 Å². The lowest BCUT2D eigenvalue weighted by Gasteiger charge is -2.15. The molecule has 1 rings (SSSR count). The monoisotopic (exact) mass is 316 g/mol. The Labute approximate surface area is 135 Å². The molecule has 6 nitrogen and oxygen atoms in total. The molecule has 122 valence electrons. The van der Waals surface area contributed by atoms with Crippen molar-refractivity contribution in [1.82, 2.24) is 0 Å². The van der Waals surface area contributed by atoms with Gasteiger partial charge in [0.1, 0.15) is 0 Å². The molecule has 1 aromatic rings. The number of rotatable bonds is 9. The van der Waals surface area contributed by atoms with Gasteiger partial charge in [0.2, 0.25) is 12.2 Å². The van der Waals surface area contributed by atoms with Crippen molar-refractivity contribution in [1.29, 1.82) is 0 Å². The van der Waals surface area contributed by atoms with Gasteiger partial charge in [-0.05, 0) is 30.5 Å². The van der Waals surface area contributed by atoms with Crippen LogP contribution in [0.1, 0.15) is 49.9 Å². The first kappa shape index (κ1) is 18.5. The van der Waals surface area contributed by atoms with Crippen LogP contribution >= 0.6 is 0 Å². The molecule has 0 aliphatic carbocycles. The van der Waals surface area contributed by atoms with E-state index in [0.717, 1.165) is 25.7 Å². The number of esters is 1. The predicted molar refractivity (Wildman–Crippen MR) is 85.6 cm³/mol. The number of nitrogens with zero attached hydrogens (tertiary/aromatic N) is 2. The van der Waals surface area contributed by atoms with Crippen molar-refractivity contribution in [2.24, 2.45) is 15.9 Å². The molecule has 0 spiro atoms. The maximum absolute atomic E-state index is 12.2. The Balaban J connectivity index is 2.89. The average Bonchev–Trinajstić information content (AvgIpc) is 2.56. The number of hydrogen-bond donors (Lipinski definition) is 0. The Morgan fingerprint density at radius 3 is 2.57 bits per heavy atom. The van der Waals surface area contributed by atoms with E-state index in [-0.39, 0.29) is 16.9 Å². The highest BCUT2D eigenvalue weighted by atomic mass is 16.5. The highest BCUT2D eigenvalue weighted by Gasteiger charge is 2.16. The summed E-state index contributed by atoms with van der Waals surface area (Å²) in [6.07, 6.45) is 6.88. The van der Waals surface area contributed by atoms with Crippen molar-refractivity contribution in [2.45, 2.75) is 39.5 Å². The molecule has 0 radical (unpaired) electrons. The second-order valence-electron chi connectivity index (χ2n) is 5.12. The summed E-state index contributed by atoms with van der Waals surface area (Å²) in [5, 5.41) is 0. The van der Waals surface area contributed by atoms with Gasteiger partial charge in [-0.25, -0.2) is 14.4 Å². The molecule has 1 atom stereocenters. The van der Waals surface area contributed by atoms with Gasteiger partial charge in [0, 0.05) is 0 Å². The topological polar surface area (TPSA) is 85.2 Å². The standard InChI is InChI=1S/C17H20N2O4/c1-3-5-6-13(4-2)10-23-17(22)15-9-14(18-11-20)7-8-16(15)19-12-21/h7-9,13H,3-6,10H2,1-2H3. The van der Waals surface area contributed by atoms with Gasteiger partial charge in [0.25, 0.3) is 0 Å². The van der Waals surface area contributed by atoms with Crippen LogP contribution < -0.4 is 0 Å². The molecule has 0 amide bonds. The van der Waals surface area contributed by atoms with Crippen LogP contribution in [0.15, 0.2) is 28.2 Å². The zero-order valence-corrected chi connectivity index (χ0v) is 13.4. The van der Waals surface area contributed by atoms with Crippen LogP contribution in [0.2, 0.25) is 0 Å². The van der Waals surface area contributed by atoms with Gasteiger partial charge in [-0.1, -0.05) is 33.1 Å². The summed E-state index contributed by atoms with van der Waals surface area (Å²) < 4.78 is 5.33. The fourth-order valence-electron chi connectivity index (χ4n) is 2.13. The number of hydrogen-bond acceptors (Lipinski definition) is 6. The molecule has 6 heteroatoms. The molecule has 0 aliphatic rings. The number of ether oxygens (including phenoxy) is 1. The van der Waals surface area contributed by atoms with E-state index in [1.165, 1.54) is 30.4 Å². The second-order valence-corrected chi connectivity index (χ2v) is 5.12. The number of aliphatic imine (C=N–C) groups is 2. The molecular formula is C17H20N2O4. The van der Waals surface area contributed by atoms with E-state index >= 15 is 0 Å². The number of carbonyl (C=O) groups is 1. The Morgan fingerprint density at radius 1 is 1.22 bits per heavy atom. The predicted octanol–water partition coefficient (Wildman–Crippen LogP) is 3.99. The smallest absolute Gasteiger partial charge is 0.340 e. The van der Waals surface area contributed by atoms with Crippen molar-refractivity contribution in [3.8, 4) is 0 Å². The van der Waals surface area contributed by atoms with Gasteiger partial charge < -0.3 is 4.74 Å². The zero-order valence-electron chi connectivity index (χ0n) is 13.4. The van der Waals surface area contributed by atoms with Crippen LogP contribution in [0, 0.1) is 5.92 Å². The van der Waals surface area contributed by atoms with E-state index < -0.39 is 5.97 Å². The first-order valence-electron chi connectivity index (χ1n) is 7.63. The van der Waals surface area contributed by atoms with Crippen molar-refractivity contribution < 1.29 is 19.1 Å². The number of carbonyl (C=O) groups excluding carboxylic acids is 3. The SMILES string of the molecule is CCCCC(CC)COC(=O)c1cc(N=C=O)ccc1N=C=O. The van der Waals surface area contributed by atoms with Crippen molar-refractivity contribution in [3.05, 3.63) is 23.8 Å². The summed E-state index contributed by atoms with van der Waals surface area (Å²) in [4.78, 5) is 40.0. The van der Waals surface area contributed by atoms with E-state index in [4.69, 9.17) is 4.74 Å². The Morgan fingerprint density at radius 2 is 1.96 bits per heavy atom. The number of isocyanates is 2. The molecule has 0 N–H and O–H groups in total. The molecule has 0 aromatic heterocycles. The highest BCUT2D eigenvalue weighted by molar-refractivity contribution is 5.96. The molecular weight excluding hydrogens is 296 g/mol. The van der Waals surface area contributed by atoms with Crippen LogP contribution in [0.25, 0.3) is 0 Å². The van der Waals surface area contributed by atoms with Gasteiger partial charge in [0.15, 0.2) is 0 Å². The zero-order chi connectivity index (χ0) is 17.1. The first-order valence-corrected chi connectivity index (χ1v) is 7.63. The summed E-state index contributed by atoms with van der Waals surface area (Å²) in [6.45, 7) is 4.47. The molecule has 1 aromatic carbocycles. The molecule has 23 heavy (non-hydrogen) atoms. The van der Waals surface area contributed by atoms with Crippen LogP contribution in [-0.4, -0.2) is 24.7 Å². The van der Waals surface area contributed by atoms with Gasteiger partial charge in [-0.2, -0.15) is 9.98 Å². The molecule has 1 unspecified atom stereocenters. The summed E-state index contributed by atoms with van der Waals surface area (Å²) in [5.41, 5.74) is 0.460. The van der Waals surface area contributed by atoms with Gasteiger partial charge in [-0.15, -0.1) is 0 Å². The summed E-state index contributed by atoms with van der Waals surface area (Å²) >= 11 is 0.